The molecule has 0 aromatic carbocycles. The van der Waals surface area contributed by atoms with Gasteiger partial charge in [0.15, 0.2) is 5.82 Å². The van der Waals surface area contributed by atoms with Crippen molar-refractivity contribution in [2.45, 2.75) is 38.4 Å². The van der Waals surface area contributed by atoms with Crippen LogP contribution in [0, 0.1) is 0 Å². The summed E-state index contributed by atoms with van der Waals surface area (Å²) in [6, 6.07) is 2.09. The van der Waals surface area contributed by atoms with E-state index < -0.39 is 0 Å². The average molecular weight is 348 g/mol. The number of urea groups is 1. The summed E-state index contributed by atoms with van der Waals surface area (Å²) in [6.07, 6.45) is 3.29. The van der Waals surface area contributed by atoms with Crippen LogP contribution in [0.5, 0.6) is 0 Å². The fourth-order valence-electron chi connectivity index (χ4n) is 2.97. The maximum Gasteiger partial charge on any atom is 0.315 e. The van der Waals surface area contributed by atoms with Gasteiger partial charge in [-0.05, 0) is 49.3 Å². The Labute approximate surface area is 146 Å². The molecule has 24 heavy (non-hydrogen) atoms. The second-order valence-electron chi connectivity index (χ2n) is 6.24. The summed E-state index contributed by atoms with van der Waals surface area (Å²) < 4.78 is 2.12. The highest BCUT2D eigenvalue weighted by Crippen LogP contribution is 2.20. The first-order valence-electron chi connectivity index (χ1n) is 8.26. The molecule has 130 valence electrons. The molecule has 2 aromatic rings. The van der Waals surface area contributed by atoms with Crippen molar-refractivity contribution in [3.63, 3.8) is 0 Å². The normalized spacial score (nSPS) is 15.1. The summed E-state index contributed by atoms with van der Waals surface area (Å²) in [4.78, 5) is 14.2. The standard InChI is InChI=1S/C16H24N6OS/c1-21(2)13(12-6-8-24-11-12)9-17-16(23)18-10-15-20-19-14-5-3-4-7-22(14)15/h6,8,11,13H,3-5,7,9-10H2,1-2H3,(H2,17,18,23). The van der Waals surface area contributed by atoms with Crippen LogP contribution in [0.3, 0.4) is 0 Å². The van der Waals surface area contributed by atoms with E-state index in [0.29, 0.717) is 13.1 Å². The Morgan fingerprint density at radius 1 is 1.38 bits per heavy atom. The number of hydrogen-bond donors (Lipinski definition) is 2. The quantitative estimate of drug-likeness (QED) is 0.834. The summed E-state index contributed by atoms with van der Waals surface area (Å²) in [5.41, 5.74) is 1.22. The van der Waals surface area contributed by atoms with Gasteiger partial charge >= 0.3 is 6.03 Å². The van der Waals surface area contributed by atoms with Gasteiger partial charge in [-0.3, -0.25) is 0 Å². The number of likely N-dealkylation sites (N-methyl/N-ethyl adjacent to an activating group) is 1. The first-order chi connectivity index (χ1) is 11.6. The lowest BCUT2D eigenvalue weighted by Crippen LogP contribution is -2.40. The molecule has 7 nitrogen and oxygen atoms in total. The van der Waals surface area contributed by atoms with E-state index in [1.807, 2.05) is 14.1 Å². The molecule has 0 bridgehead atoms. The molecule has 0 radical (unpaired) electrons. The number of nitrogens with zero attached hydrogens (tertiary/aromatic N) is 4. The number of hydrogen-bond acceptors (Lipinski definition) is 5. The lowest BCUT2D eigenvalue weighted by molar-refractivity contribution is 0.232. The zero-order valence-corrected chi connectivity index (χ0v) is 15.0. The molecule has 8 heteroatoms. The molecule has 0 aliphatic carbocycles. The summed E-state index contributed by atoms with van der Waals surface area (Å²) in [5, 5.41) is 18.4. The van der Waals surface area contributed by atoms with Crippen LogP contribution in [-0.4, -0.2) is 46.3 Å². The first kappa shape index (κ1) is 16.9. The first-order valence-corrected chi connectivity index (χ1v) is 9.20. The van der Waals surface area contributed by atoms with Crippen molar-refractivity contribution in [3.05, 3.63) is 34.0 Å². The molecule has 0 saturated heterocycles. The van der Waals surface area contributed by atoms with Crippen molar-refractivity contribution in [2.24, 2.45) is 0 Å². The fraction of sp³-hybridized carbons (Fsp3) is 0.562. The molecule has 0 fully saturated rings. The molecular formula is C16H24N6OS. The number of fused-ring (bicyclic) bond motifs is 1. The third-order valence-corrected chi connectivity index (χ3v) is 5.05. The van der Waals surface area contributed by atoms with Crippen LogP contribution in [0.4, 0.5) is 4.79 Å². The number of rotatable bonds is 6. The smallest absolute Gasteiger partial charge is 0.315 e. The minimum atomic E-state index is -0.176. The molecule has 1 aliphatic heterocycles. The summed E-state index contributed by atoms with van der Waals surface area (Å²) >= 11 is 1.67. The maximum absolute atomic E-state index is 12.1. The number of thiophene rings is 1. The Bertz CT molecular complexity index is 666. The molecule has 1 aliphatic rings. The molecule has 0 spiro atoms. The van der Waals surface area contributed by atoms with Crippen LogP contribution in [-0.2, 0) is 19.5 Å². The summed E-state index contributed by atoms with van der Waals surface area (Å²) in [7, 11) is 4.04. The van der Waals surface area contributed by atoms with Gasteiger partial charge in [-0.2, -0.15) is 11.3 Å². The highest BCUT2D eigenvalue weighted by Gasteiger charge is 2.17. The fourth-order valence-corrected chi connectivity index (χ4v) is 3.68. The molecule has 2 N–H and O–H groups in total. The molecule has 0 saturated carbocycles. The minimum absolute atomic E-state index is 0.169. The zero-order valence-electron chi connectivity index (χ0n) is 14.2. The summed E-state index contributed by atoms with van der Waals surface area (Å²) in [6.45, 7) is 1.92. The lowest BCUT2D eigenvalue weighted by atomic mass is 10.1. The minimum Gasteiger partial charge on any atom is -0.336 e. The monoisotopic (exact) mass is 348 g/mol. The van der Waals surface area contributed by atoms with Gasteiger partial charge in [0.2, 0.25) is 0 Å². The SMILES string of the molecule is CN(C)C(CNC(=O)NCc1nnc2n1CCCC2)c1ccsc1. The van der Waals surface area contributed by atoms with E-state index in [2.05, 4.69) is 47.1 Å². The third kappa shape index (κ3) is 3.93. The topological polar surface area (TPSA) is 75.1 Å². The number of aromatic nitrogens is 3. The van der Waals surface area contributed by atoms with Crippen LogP contribution >= 0.6 is 11.3 Å². The predicted molar refractivity (Wildman–Crippen MR) is 93.9 cm³/mol. The number of carbonyl (C=O) groups excluding carboxylic acids is 1. The van der Waals surface area contributed by atoms with Crippen molar-refractivity contribution >= 4 is 17.4 Å². The van der Waals surface area contributed by atoms with E-state index in [-0.39, 0.29) is 12.1 Å². The van der Waals surface area contributed by atoms with Crippen LogP contribution < -0.4 is 10.6 Å². The second kappa shape index (κ2) is 7.76. The Morgan fingerprint density at radius 2 is 2.25 bits per heavy atom. The molecule has 2 aromatic heterocycles. The summed E-state index contributed by atoms with van der Waals surface area (Å²) in [5.74, 6) is 1.87. The van der Waals surface area contributed by atoms with Crippen molar-refractivity contribution in [3.8, 4) is 0 Å². The van der Waals surface area contributed by atoms with Gasteiger partial charge < -0.3 is 20.1 Å². The number of carbonyl (C=O) groups is 1. The van der Waals surface area contributed by atoms with Gasteiger partial charge in [0.05, 0.1) is 12.6 Å². The molecule has 3 heterocycles. The van der Waals surface area contributed by atoms with Crippen molar-refractivity contribution in [1.82, 2.24) is 30.3 Å². The molecule has 3 rings (SSSR count). The van der Waals surface area contributed by atoms with Crippen molar-refractivity contribution in [2.75, 3.05) is 20.6 Å². The van der Waals surface area contributed by atoms with E-state index in [1.165, 1.54) is 12.0 Å². The maximum atomic E-state index is 12.1. The van der Waals surface area contributed by atoms with Gasteiger partial charge in [-0.1, -0.05) is 0 Å². The van der Waals surface area contributed by atoms with Crippen LogP contribution in [0.15, 0.2) is 16.8 Å². The van der Waals surface area contributed by atoms with E-state index in [4.69, 9.17) is 0 Å². The van der Waals surface area contributed by atoms with Crippen LogP contribution in [0.25, 0.3) is 0 Å². The average Bonchev–Trinajstić information content (AvgIpc) is 3.23. The van der Waals surface area contributed by atoms with Gasteiger partial charge in [-0.25, -0.2) is 4.79 Å². The Kier molecular flexibility index (Phi) is 5.47. The van der Waals surface area contributed by atoms with Crippen molar-refractivity contribution < 1.29 is 4.79 Å². The van der Waals surface area contributed by atoms with Crippen LogP contribution in [0.2, 0.25) is 0 Å². The van der Waals surface area contributed by atoms with E-state index in [9.17, 15) is 4.79 Å². The van der Waals surface area contributed by atoms with Gasteiger partial charge in [-0.15, -0.1) is 10.2 Å². The van der Waals surface area contributed by atoms with E-state index in [1.54, 1.807) is 11.3 Å². The number of amides is 2. The van der Waals surface area contributed by atoms with E-state index in [0.717, 1.165) is 31.0 Å². The third-order valence-electron chi connectivity index (χ3n) is 4.35. The van der Waals surface area contributed by atoms with Gasteiger partial charge in [0.25, 0.3) is 0 Å². The molecule has 1 unspecified atom stereocenters. The number of aryl methyl sites for hydroxylation is 1. The van der Waals surface area contributed by atoms with Gasteiger partial charge in [0, 0.05) is 19.5 Å². The van der Waals surface area contributed by atoms with E-state index >= 15 is 0 Å². The zero-order chi connectivity index (χ0) is 16.9. The Morgan fingerprint density at radius 3 is 3.00 bits per heavy atom. The lowest BCUT2D eigenvalue weighted by Gasteiger charge is -2.24. The van der Waals surface area contributed by atoms with Gasteiger partial charge in [0.1, 0.15) is 5.82 Å². The predicted octanol–water partition coefficient (Wildman–Crippen LogP) is 1.78. The Hall–Kier alpha value is -1.93. The largest absolute Gasteiger partial charge is 0.336 e. The number of nitrogens with one attached hydrogen (secondary N) is 2. The van der Waals surface area contributed by atoms with Crippen LogP contribution in [0.1, 0.15) is 36.1 Å². The highest BCUT2D eigenvalue weighted by molar-refractivity contribution is 7.07. The molecular weight excluding hydrogens is 324 g/mol. The molecule has 2 amide bonds. The highest BCUT2D eigenvalue weighted by atomic mass is 32.1. The molecule has 1 atom stereocenters. The van der Waals surface area contributed by atoms with Crippen molar-refractivity contribution in [1.29, 1.82) is 0 Å². The second-order valence-corrected chi connectivity index (χ2v) is 7.02. The Balaban J connectivity index is 1.50.